The Labute approximate surface area is 75.9 Å². The standard InChI is InChI=1S/C10H8ClO/c1-2-7-6-12-10-5-8(11)3-4-9(7)10/h3-6H,1-2H2. The van der Waals surface area contributed by atoms with Gasteiger partial charge in [-0.25, -0.2) is 0 Å². The highest BCUT2D eigenvalue weighted by Crippen LogP contribution is 2.24. The van der Waals surface area contributed by atoms with Crippen LogP contribution >= 0.6 is 11.6 Å². The smallest absolute Gasteiger partial charge is 0.135 e. The van der Waals surface area contributed by atoms with Gasteiger partial charge in [-0.2, -0.15) is 0 Å². The lowest BCUT2D eigenvalue weighted by Gasteiger charge is -1.91. The van der Waals surface area contributed by atoms with Gasteiger partial charge in [0.25, 0.3) is 0 Å². The molecule has 2 rings (SSSR count). The summed E-state index contributed by atoms with van der Waals surface area (Å²) in [6.45, 7) is 3.81. The van der Waals surface area contributed by atoms with E-state index in [2.05, 4.69) is 6.92 Å². The maximum atomic E-state index is 5.80. The Balaban J connectivity index is 2.73. The first-order valence-electron chi connectivity index (χ1n) is 3.76. The molecule has 12 heavy (non-hydrogen) atoms. The van der Waals surface area contributed by atoms with E-state index in [0.717, 1.165) is 23.0 Å². The van der Waals surface area contributed by atoms with E-state index in [4.69, 9.17) is 16.0 Å². The fourth-order valence-corrected chi connectivity index (χ4v) is 1.41. The number of rotatable bonds is 1. The molecule has 0 N–H and O–H groups in total. The van der Waals surface area contributed by atoms with Crippen LogP contribution < -0.4 is 0 Å². The van der Waals surface area contributed by atoms with Crippen LogP contribution in [0.4, 0.5) is 0 Å². The van der Waals surface area contributed by atoms with Crippen LogP contribution in [0.5, 0.6) is 0 Å². The van der Waals surface area contributed by atoms with E-state index in [-0.39, 0.29) is 0 Å². The summed E-state index contributed by atoms with van der Waals surface area (Å²) in [7, 11) is 0. The molecule has 2 heteroatoms. The van der Waals surface area contributed by atoms with Crippen molar-refractivity contribution < 1.29 is 4.42 Å². The maximum absolute atomic E-state index is 5.80. The summed E-state index contributed by atoms with van der Waals surface area (Å²) in [5, 5.41) is 1.81. The average molecular weight is 180 g/mol. The molecule has 1 heterocycles. The van der Waals surface area contributed by atoms with E-state index in [1.54, 1.807) is 6.26 Å². The molecule has 61 valence electrons. The Morgan fingerprint density at radius 3 is 3.00 bits per heavy atom. The van der Waals surface area contributed by atoms with Gasteiger partial charge in [0.2, 0.25) is 0 Å². The summed E-state index contributed by atoms with van der Waals surface area (Å²) in [4.78, 5) is 0. The number of hydrogen-bond donors (Lipinski definition) is 0. The minimum absolute atomic E-state index is 0.701. The number of benzene rings is 1. The summed E-state index contributed by atoms with van der Waals surface area (Å²) < 4.78 is 5.30. The molecule has 0 saturated heterocycles. The third-order valence-corrected chi connectivity index (χ3v) is 2.12. The zero-order valence-electron chi connectivity index (χ0n) is 6.51. The summed E-state index contributed by atoms with van der Waals surface area (Å²) in [5.74, 6) is 0. The van der Waals surface area contributed by atoms with E-state index in [1.807, 2.05) is 18.2 Å². The van der Waals surface area contributed by atoms with Gasteiger partial charge in [0.15, 0.2) is 0 Å². The Hall–Kier alpha value is -0.950. The predicted molar refractivity (Wildman–Crippen MR) is 50.3 cm³/mol. The van der Waals surface area contributed by atoms with Crippen molar-refractivity contribution in [2.45, 2.75) is 6.42 Å². The molecular weight excluding hydrogens is 172 g/mol. The summed E-state index contributed by atoms with van der Waals surface area (Å²) in [6.07, 6.45) is 2.47. The molecule has 1 aromatic heterocycles. The molecule has 0 aliphatic heterocycles. The number of fused-ring (bicyclic) bond motifs is 1. The van der Waals surface area contributed by atoms with Crippen LogP contribution in [-0.4, -0.2) is 0 Å². The summed E-state index contributed by atoms with van der Waals surface area (Å²) >= 11 is 5.80. The van der Waals surface area contributed by atoms with Crippen LogP contribution in [0.25, 0.3) is 11.0 Å². The van der Waals surface area contributed by atoms with Gasteiger partial charge in [-0.3, -0.25) is 0 Å². The van der Waals surface area contributed by atoms with Gasteiger partial charge < -0.3 is 4.42 Å². The van der Waals surface area contributed by atoms with Crippen molar-refractivity contribution in [2.75, 3.05) is 0 Å². The number of hydrogen-bond acceptors (Lipinski definition) is 1. The molecule has 1 nitrogen and oxygen atoms in total. The molecular formula is C10H8ClO. The van der Waals surface area contributed by atoms with Crippen LogP contribution in [0.2, 0.25) is 5.02 Å². The zero-order chi connectivity index (χ0) is 8.55. The van der Waals surface area contributed by atoms with Gasteiger partial charge in [-0.1, -0.05) is 11.6 Å². The van der Waals surface area contributed by atoms with Crippen LogP contribution in [0.15, 0.2) is 28.9 Å². The first-order valence-corrected chi connectivity index (χ1v) is 4.14. The van der Waals surface area contributed by atoms with Crippen LogP contribution in [-0.2, 0) is 6.42 Å². The van der Waals surface area contributed by atoms with Crippen molar-refractivity contribution in [3.63, 3.8) is 0 Å². The minimum atomic E-state index is 0.701. The highest BCUT2D eigenvalue weighted by molar-refractivity contribution is 6.31. The van der Waals surface area contributed by atoms with Crippen molar-refractivity contribution >= 4 is 22.6 Å². The normalized spacial score (nSPS) is 10.8. The van der Waals surface area contributed by atoms with Crippen molar-refractivity contribution in [1.82, 2.24) is 0 Å². The molecule has 2 aromatic rings. The van der Waals surface area contributed by atoms with Crippen LogP contribution in [0, 0.1) is 6.92 Å². The van der Waals surface area contributed by atoms with Crippen molar-refractivity contribution in [2.24, 2.45) is 0 Å². The van der Waals surface area contributed by atoms with Gasteiger partial charge in [0.05, 0.1) is 6.26 Å². The quantitative estimate of drug-likeness (QED) is 0.654. The SMILES string of the molecule is [CH2]Cc1coc2cc(Cl)ccc12. The lowest BCUT2D eigenvalue weighted by molar-refractivity contribution is 0.612. The van der Waals surface area contributed by atoms with Gasteiger partial charge >= 0.3 is 0 Å². The number of furan rings is 1. The molecule has 0 atom stereocenters. The van der Waals surface area contributed by atoms with Crippen molar-refractivity contribution in [3.8, 4) is 0 Å². The summed E-state index contributed by atoms with van der Waals surface area (Å²) in [6, 6.07) is 5.64. The Morgan fingerprint density at radius 1 is 1.42 bits per heavy atom. The average Bonchev–Trinajstić information content (AvgIpc) is 2.46. The van der Waals surface area contributed by atoms with E-state index in [0.29, 0.717) is 5.02 Å². The molecule has 0 fully saturated rings. The van der Waals surface area contributed by atoms with E-state index >= 15 is 0 Å². The highest BCUT2D eigenvalue weighted by Gasteiger charge is 2.03. The fraction of sp³-hybridized carbons (Fsp3) is 0.100. The van der Waals surface area contributed by atoms with Crippen LogP contribution in [0.1, 0.15) is 5.56 Å². The Bertz CT molecular complexity index is 403. The topological polar surface area (TPSA) is 13.1 Å². The van der Waals surface area contributed by atoms with E-state index in [9.17, 15) is 0 Å². The van der Waals surface area contributed by atoms with E-state index < -0.39 is 0 Å². The second kappa shape index (κ2) is 2.83. The Morgan fingerprint density at radius 2 is 2.25 bits per heavy atom. The van der Waals surface area contributed by atoms with Gasteiger partial charge in [0.1, 0.15) is 5.58 Å². The Kier molecular flexibility index (Phi) is 1.81. The predicted octanol–water partition coefficient (Wildman–Crippen LogP) is 3.46. The maximum Gasteiger partial charge on any atom is 0.135 e. The lowest BCUT2D eigenvalue weighted by Crippen LogP contribution is -1.74. The molecule has 0 bridgehead atoms. The fourth-order valence-electron chi connectivity index (χ4n) is 1.25. The zero-order valence-corrected chi connectivity index (χ0v) is 7.27. The minimum Gasteiger partial charge on any atom is -0.464 e. The third-order valence-electron chi connectivity index (χ3n) is 1.89. The number of halogens is 1. The summed E-state index contributed by atoms with van der Waals surface area (Å²) in [5.41, 5.74) is 1.96. The molecule has 0 unspecified atom stereocenters. The van der Waals surface area contributed by atoms with Crippen molar-refractivity contribution in [3.05, 3.63) is 42.0 Å². The van der Waals surface area contributed by atoms with Crippen molar-refractivity contribution in [1.29, 1.82) is 0 Å². The monoisotopic (exact) mass is 179 g/mol. The van der Waals surface area contributed by atoms with Gasteiger partial charge in [-0.05, 0) is 37.1 Å². The van der Waals surface area contributed by atoms with Crippen LogP contribution in [0.3, 0.4) is 0 Å². The molecule has 1 aromatic carbocycles. The second-order valence-corrected chi connectivity index (χ2v) is 3.09. The largest absolute Gasteiger partial charge is 0.464 e. The second-order valence-electron chi connectivity index (χ2n) is 2.65. The molecule has 0 saturated carbocycles. The van der Waals surface area contributed by atoms with E-state index in [1.165, 1.54) is 0 Å². The molecule has 0 aliphatic carbocycles. The first-order chi connectivity index (χ1) is 5.81. The lowest BCUT2D eigenvalue weighted by atomic mass is 10.1. The molecule has 0 spiro atoms. The molecule has 0 amide bonds. The van der Waals surface area contributed by atoms with Gasteiger partial charge in [0, 0.05) is 10.4 Å². The molecule has 0 aliphatic rings. The molecule has 1 radical (unpaired) electrons. The third kappa shape index (κ3) is 1.10. The first kappa shape index (κ1) is 7.69. The van der Waals surface area contributed by atoms with Gasteiger partial charge in [-0.15, -0.1) is 0 Å². The highest BCUT2D eigenvalue weighted by atomic mass is 35.5.